The Balaban J connectivity index is 1.63. The molecule has 3 rings (SSSR count). The minimum absolute atomic E-state index is 0.153. The third kappa shape index (κ3) is 4.43. The van der Waals surface area contributed by atoms with Crippen molar-refractivity contribution in [2.24, 2.45) is 0 Å². The van der Waals surface area contributed by atoms with Crippen LogP contribution in [-0.2, 0) is 27.2 Å². The van der Waals surface area contributed by atoms with Crippen molar-refractivity contribution in [1.29, 1.82) is 0 Å². The van der Waals surface area contributed by atoms with Crippen LogP contribution in [0.2, 0.25) is 0 Å². The van der Waals surface area contributed by atoms with Crippen LogP contribution in [0.15, 0.2) is 53.3 Å². The number of hydrogen-bond donors (Lipinski definition) is 2. The van der Waals surface area contributed by atoms with Gasteiger partial charge in [-0.2, -0.15) is 5.10 Å². The number of benzene rings is 2. The number of carbonyl (C=O) groups is 2. The molecule has 0 spiro atoms. The summed E-state index contributed by atoms with van der Waals surface area (Å²) >= 11 is 0. The quantitative estimate of drug-likeness (QED) is 0.641. The zero-order valence-corrected chi connectivity index (χ0v) is 15.7. The highest BCUT2D eigenvalue weighted by Crippen LogP contribution is 2.14. The van der Waals surface area contributed by atoms with E-state index in [4.69, 9.17) is 4.74 Å². The Hall–Kier alpha value is -3.48. The Labute approximate surface area is 161 Å². The van der Waals surface area contributed by atoms with Gasteiger partial charge in [-0.05, 0) is 37.1 Å². The fourth-order valence-corrected chi connectivity index (χ4v) is 2.80. The molecule has 0 aliphatic carbocycles. The number of aromatic nitrogens is 2. The van der Waals surface area contributed by atoms with Crippen molar-refractivity contribution < 1.29 is 14.3 Å². The lowest BCUT2D eigenvalue weighted by Gasteiger charge is -2.14. The van der Waals surface area contributed by atoms with Gasteiger partial charge >= 0.3 is 5.97 Å². The fourth-order valence-electron chi connectivity index (χ4n) is 2.80. The Bertz CT molecular complexity index is 1060. The molecule has 144 valence electrons. The molecule has 0 saturated carbocycles. The molecule has 1 heterocycles. The Morgan fingerprint density at radius 1 is 1.11 bits per heavy atom. The number of H-pyrrole nitrogens is 1. The lowest BCUT2D eigenvalue weighted by atomic mass is 10.1. The first kappa shape index (κ1) is 19.3. The van der Waals surface area contributed by atoms with Gasteiger partial charge in [-0.25, -0.2) is 5.10 Å². The van der Waals surface area contributed by atoms with Crippen LogP contribution in [0.5, 0.6) is 0 Å². The number of amides is 1. The molecule has 0 fully saturated rings. The molecule has 0 bridgehead atoms. The van der Waals surface area contributed by atoms with Crippen molar-refractivity contribution in [3.63, 3.8) is 0 Å². The first-order valence-electron chi connectivity index (χ1n) is 9.03. The lowest BCUT2D eigenvalue weighted by Crippen LogP contribution is -2.30. The molecule has 1 amide bonds. The first-order chi connectivity index (χ1) is 13.5. The number of anilines is 1. The number of carbonyl (C=O) groups excluding carboxylic acids is 2. The van der Waals surface area contributed by atoms with Crippen LogP contribution in [0.1, 0.15) is 25.1 Å². The molecular formula is C21H21N3O4. The van der Waals surface area contributed by atoms with E-state index in [0.717, 1.165) is 12.0 Å². The Morgan fingerprint density at radius 3 is 2.46 bits per heavy atom. The molecular weight excluding hydrogens is 358 g/mol. The number of aryl methyl sites for hydroxylation is 1. The largest absolute Gasteiger partial charge is 0.452 e. The predicted octanol–water partition coefficient (Wildman–Crippen LogP) is 2.60. The van der Waals surface area contributed by atoms with E-state index in [9.17, 15) is 14.4 Å². The molecule has 0 aliphatic rings. The van der Waals surface area contributed by atoms with E-state index in [1.54, 1.807) is 24.3 Å². The number of aromatic amines is 1. The lowest BCUT2D eigenvalue weighted by molar-refractivity contribution is -0.152. The maximum absolute atomic E-state index is 12.3. The van der Waals surface area contributed by atoms with E-state index >= 15 is 0 Å². The number of hydrogen-bond acceptors (Lipinski definition) is 5. The molecule has 3 aromatic rings. The van der Waals surface area contributed by atoms with Crippen LogP contribution in [-0.4, -0.2) is 28.2 Å². The topological polar surface area (TPSA) is 101 Å². The van der Waals surface area contributed by atoms with Gasteiger partial charge in [-0.1, -0.05) is 37.3 Å². The highest BCUT2D eigenvalue weighted by Gasteiger charge is 2.19. The highest BCUT2D eigenvalue weighted by molar-refractivity contribution is 5.95. The van der Waals surface area contributed by atoms with E-state index < -0.39 is 18.0 Å². The van der Waals surface area contributed by atoms with E-state index in [0.29, 0.717) is 22.2 Å². The molecule has 1 aromatic heterocycles. The number of rotatable bonds is 6. The molecule has 0 radical (unpaired) electrons. The Morgan fingerprint density at radius 2 is 1.79 bits per heavy atom. The van der Waals surface area contributed by atoms with Crippen LogP contribution < -0.4 is 10.9 Å². The van der Waals surface area contributed by atoms with Gasteiger partial charge in [0.2, 0.25) is 0 Å². The summed E-state index contributed by atoms with van der Waals surface area (Å²) in [6, 6.07) is 14.3. The summed E-state index contributed by atoms with van der Waals surface area (Å²) in [5.74, 6) is -1.02. The van der Waals surface area contributed by atoms with E-state index in [1.807, 2.05) is 24.3 Å². The van der Waals surface area contributed by atoms with Crippen molar-refractivity contribution in [2.75, 3.05) is 5.32 Å². The van der Waals surface area contributed by atoms with Gasteiger partial charge in [0.1, 0.15) is 0 Å². The van der Waals surface area contributed by atoms with Crippen LogP contribution in [0, 0.1) is 0 Å². The average molecular weight is 379 g/mol. The van der Waals surface area contributed by atoms with E-state index in [2.05, 4.69) is 22.4 Å². The predicted molar refractivity (Wildman–Crippen MR) is 106 cm³/mol. The van der Waals surface area contributed by atoms with Crippen molar-refractivity contribution in [3.05, 3.63) is 70.1 Å². The molecule has 2 aromatic carbocycles. The number of nitrogens with zero attached hydrogens (tertiary/aromatic N) is 1. The average Bonchev–Trinajstić information content (AvgIpc) is 2.71. The summed E-state index contributed by atoms with van der Waals surface area (Å²) in [5.41, 5.74) is 1.87. The monoisotopic (exact) mass is 379 g/mol. The fraction of sp³-hybridized carbons (Fsp3) is 0.238. The molecule has 7 nitrogen and oxygen atoms in total. The number of fused-ring (bicyclic) bond motifs is 1. The number of nitrogens with one attached hydrogen (secondary N) is 2. The van der Waals surface area contributed by atoms with Crippen LogP contribution in [0.3, 0.4) is 0 Å². The van der Waals surface area contributed by atoms with Crippen molar-refractivity contribution in [2.45, 2.75) is 32.8 Å². The van der Waals surface area contributed by atoms with Crippen LogP contribution in [0.4, 0.5) is 5.69 Å². The summed E-state index contributed by atoms with van der Waals surface area (Å²) in [5, 5.41) is 10.1. The third-order valence-electron chi connectivity index (χ3n) is 4.39. The molecule has 7 heteroatoms. The first-order valence-corrected chi connectivity index (χ1v) is 9.03. The number of esters is 1. The van der Waals surface area contributed by atoms with Gasteiger partial charge in [0.05, 0.1) is 17.5 Å². The standard InChI is InChI=1S/C21H21N3O4/c1-3-14-8-10-15(11-9-14)22-20(26)13(2)28-19(25)12-18-16-6-4-5-7-17(16)21(27)24-23-18/h4-11,13H,3,12H2,1-2H3,(H,22,26)(H,24,27). The van der Waals surface area contributed by atoms with Crippen molar-refractivity contribution >= 4 is 28.3 Å². The molecule has 28 heavy (non-hydrogen) atoms. The van der Waals surface area contributed by atoms with E-state index in [-0.39, 0.29) is 12.0 Å². The second kappa shape index (κ2) is 8.47. The molecule has 1 atom stereocenters. The zero-order valence-electron chi connectivity index (χ0n) is 15.7. The van der Waals surface area contributed by atoms with Crippen LogP contribution in [0.25, 0.3) is 10.8 Å². The zero-order chi connectivity index (χ0) is 20.1. The minimum Gasteiger partial charge on any atom is -0.452 e. The summed E-state index contributed by atoms with van der Waals surface area (Å²) in [6.07, 6.45) is -0.206. The maximum atomic E-state index is 12.3. The van der Waals surface area contributed by atoms with Gasteiger partial charge < -0.3 is 10.1 Å². The Kier molecular flexibility index (Phi) is 5.84. The third-order valence-corrected chi connectivity index (χ3v) is 4.39. The van der Waals surface area contributed by atoms with Gasteiger partial charge in [-0.3, -0.25) is 14.4 Å². The summed E-state index contributed by atoms with van der Waals surface area (Å²) in [7, 11) is 0. The number of ether oxygens (including phenoxy) is 1. The molecule has 0 aliphatic heterocycles. The van der Waals surface area contributed by atoms with Crippen LogP contribution >= 0.6 is 0 Å². The molecule has 0 saturated heterocycles. The highest BCUT2D eigenvalue weighted by atomic mass is 16.5. The molecule has 2 N–H and O–H groups in total. The minimum atomic E-state index is -0.965. The molecule has 1 unspecified atom stereocenters. The summed E-state index contributed by atoms with van der Waals surface area (Å²) in [4.78, 5) is 36.3. The summed E-state index contributed by atoms with van der Waals surface area (Å²) in [6.45, 7) is 3.56. The smallest absolute Gasteiger partial charge is 0.312 e. The normalized spacial score (nSPS) is 11.8. The van der Waals surface area contributed by atoms with E-state index in [1.165, 1.54) is 6.92 Å². The van der Waals surface area contributed by atoms with Gasteiger partial charge in [-0.15, -0.1) is 0 Å². The summed E-state index contributed by atoms with van der Waals surface area (Å²) < 4.78 is 5.23. The van der Waals surface area contributed by atoms with Gasteiger partial charge in [0, 0.05) is 11.1 Å². The maximum Gasteiger partial charge on any atom is 0.312 e. The second-order valence-electron chi connectivity index (χ2n) is 6.39. The van der Waals surface area contributed by atoms with Gasteiger partial charge in [0.15, 0.2) is 6.10 Å². The van der Waals surface area contributed by atoms with Crippen molar-refractivity contribution in [1.82, 2.24) is 10.2 Å². The van der Waals surface area contributed by atoms with Crippen molar-refractivity contribution in [3.8, 4) is 0 Å². The SMILES string of the molecule is CCc1ccc(NC(=O)C(C)OC(=O)Cc2n[nH]c(=O)c3ccccc23)cc1. The second-order valence-corrected chi connectivity index (χ2v) is 6.39. The van der Waals surface area contributed by atoms with Gasteiger partial charge in [0.25, 0.3) is 11.5 Å².